The summed E-state index contributed by atoms with van der Waals surface area (Å²) in [6.45, 7) is 0.393. The lowest BCUT2D eigenvalue weighted by molar-refractivity contribution is -0.123. The monoisotopic (exact) mass is 279 g/mol. The van der Waals surface area contributed by atoms with Crippen LogP contribution in [-0.2, 0) is 11.2 Å². The number of nitrogens with two attached hydrogens (primary N) is 4. The molecule has 0 fully saturated rings. The fraction of sp³-hybridized carbons (Fsp3) is 0.385. The fourth-order valence-electron chi connectivity index (χ4n) is 1.88. The molecule has 0 spiro atoms. The normalized spacial score (nSPS) is 13.4. The lowest BCUT2D eigenvalue weighted by Gasteiger charge is -2.25. The lowest BCUT2D eigenvalue weighted by atomic mass is 9.86. The Bertz CT molecular complexity index is 482. The fourth-order valence-corrected chi connectivity index (χ4v) is 1.88. The number of primary amides is 1. The summed E-state index contributed by atoms with van der Waals surface area (Å²) in [5.74, 6) is -0.413. The molecule has 0 bridgehead atoms. The molecule has 0 saturated carbocycles. The van der Waals surface area contributed by atoms with E-state index in [4.69, 9.17) is 22.9 Å². The van der Waals surface area contributed by atoms with Gasteiger partial charge in [0.05, 0.1) is 5.54 Å². The van der Waals surface area contributed by atoms with Crippen molar-refractivity contribution < 1.29 is 9.90 Å². The van der Waals surface area contributed by atoms with Crippen molar-refractivity contribution in [2.45, 2.75) is 24.8 Å². The van der Waals surface area contributed by atoms with Gasteiger partial charge >= 0.3 is 0 Å². The van der Waals surface area contributed by atoms with Gasteiger partial charge < -0.3 is 28.0 Å². The zero-order valence-electron chi connectivity index (χ0n) is 11.2. The predicted octanol–water partition coefficient (Wildman–Crippen LogP) is -0.829. The molecule has 0 radical (unpaired) electrons. The third kappa shape index (κ3) is 4.77. The lowest BCUT2D eigenvalue weighted by Crippen LogP contribution is -2.53. The van der Waals surface area contributed by atoms with E-state index in [2.05, 4.69) is 4.99 Å². The van der Waals surface area contributed by atoms with E-state index < -0.39 is 11.4 Å². The maximum atomic E-state index is 11.6. The highest BCUT2D eigenvalue weighted by Gasteiger charge is 2.31. The first kappa shape index (κ1) is 15.8. The van der Waals surface area contributed by atoms with Crippen LogP contribution in [0.3, 0.4) is 0 Å². The van der Waals surface area contributed by atoms with Crippen LogP contribution < -0.4 is 22.9 Å². The van der Waals surface area contributed by atoms with Crippen LogP contribution in [0, 0.1) is 0 Å². The summed E-state index contributed by atoms with van der Waals surface area (Å²) in [5.41, 5.74) is 21.6. The molecular weight excluding hydrogens is 258 g/mol. The molecule has 20 heavy (non-hydrogen) atoms. The Labute approximate surface area is 117 Å². The van der Waals surface area contributed by atoms with Crippen molar-refractivity contribution in [2.24, 2.45) is 27.9 Å². The number of carbonyl (C=O) groups excluding carboxylic acids is 1. The SMILES string of the molecule is NC(=O)[C@@](N)(CCCN=C(N)N)Cc1ccc(O)cc1. The van der Waals surface area contributed by atoms with Crippen LogP contribution in [0.4, 0.5) is 0 Å². The standard InChI is InChI=1S/C13H21N5O2/c14-11(20)13(17,6-1-7-18-12(15)16)8-9-2-4-10(19)5-3-9/h2-5,19H,1,6-8,17H2,(H2,14,20)(H4,15,16,18)/t13-/m1/s1. The maximum Gasteiger partial charge on any atom is 0.237 e. The number of phenolic OH excluding ortho intramolecular Hbond substituents is 1. The first-order chi connectivity index (χ1) is 9.33. The summed E-state index contributed by atoms with van der Waals surface area (Å²) in [6.07, 6.45) is 1.22. The second kappa shape index (κ2) is 6.76. The maximum absolute atomic E-state index is 11.6. The highest BCUT2D eigenvalue weighted by molar-refractivity contribution is 5.84. The van der Waals surface area contributed by atoms with Gasteiger partial charge in [-0.3, -0.25) is 9.79 Å². The smallest absolute Gasteiger partial charge is 0.237 e. The van der Waals surface area contributed by atoms with Gasteiger partial charge in [0.15, 0.2) is 5.96 Å². The van der Waals surface area contributed by atoms with Crippen molar-refractivity contribution in [3.63, 3.8) is 0 Å². The van der Waals surface area contributed by atoms with Crippen molar-refractivity contribution in [1.82, 2.24) is 0 Å². The van der Waals surface area contributed by atoms with E-state index in [0.717, 1.165) is 5.56 Å². The van der Waals surface area contributed by atoms with Crippen molar-refractivity contribution in [3.05, 3.63) is 29.8 Å². The predicted molar refractivity (Wildman–Crippen MR) is 77.8 cm³/mol. The number of guanidine groups is 1. The molecule has 7 nitrogen and oxygen atoms in total. The summed E-state index contributed by atoms with van der Waals surface area (Å²) in [7, 11) is 0. The number of phenols is 1. The van der Waals surface area contributed by atoms with E-state index in [1.807, 2.05) is 0 Å². The molecular formula is C13H21N5O2. The van der Waals surface area contributed by atoms with Crippen LogP contribution in [0.25, 0.3) is 0 Å². The summed E-state index contributed by atoms with van der Waals surface area (Å²) < 4.78 is 0. The first-order valence-electron chi connectivity index (χ1n) is 6.25. The number of hydrogen-bond donors (Lipinski definition) is 5. The summed E-state index contributed by atoms with van der Waals surface area (Å²) in [6, 6.07) is 6.48. The van der Waals surface area contributed by atoms with Crippen LogP contribution in [0.15, 0.2) is 29.3 Å². The highest BCUT2D eigenvalue weighted by atomic mass is 16.3. The second-order valence-electron chi connectivity index (χ2n) is 4.77. The van der Waals surface area contributed by atoms with Gasteiger partial charge in [-0.15, -0.1) is 0 Å². The quantitative estimate of drug-likeness (QED) is 0.250. The molecule has 7 heteroatoms. The van der Waals surface area contributed by atoms with E-state index >= 15 is 0 Å². The minimum Gasteiger partial charge on any atom is -0.508 e. The van der Waals surface area contributed by atoms with E-state index in [0.29, 0.717) is 25.8 Å². The molecule has 110 valence electrons. The van der Waals surface area contributed by atoms with Crippen molar-refractivity contribution >= 4 is 11.9 Å². The molecule has 1 aromatic carbocycles. The zero-order chi connectivity index (χ0) is 15.2. The van der Waals surface area contributed by atoms with Crippen molar-refractivity contribution in [3.8, 4) is 5.75 Å². The Morgan fingerprint density at radius 1 is 1.20 bits per heavy atom. The number of hydrogen-bond acceptors (Lipinski definition) is 4. The molecule has 1 aromatic rings. The molecule has 0 unspecified atom stereocenters. The van der Waals surface area contributed by atoms with Gasteiger partial charge in [-0.05, 0) is 37.0 Å². The Morgan fingerprint density at radius 3 is 2.30 bits per heavy atom. The zero-order valence-corrected chi connectivity index (χ0v) is 11.2. The van der Waals surface area contributed by atoms with Crippen LogP contribution >= 0.6 is 0 Å². The molecule has 1 amide bonds. The minimum absolute atomic E-state index is 0.00484. The average Bonchev–Trinajstić information content (AvgIpc) is 2.37. The number of aromatic hydroxyl groups is 1. The van der Waals surface area contributed by atoms with E-state index in [1.165, 1.54) is 12.1 Å². The minimum atomic E-state index is -1.16. The summed E-state index contributed by atoms with van der Waals surface area (Å²) >= 11 is 0. The van der Waals surface area contributed by atoms with E-state index in [-0.39, 0.29) is 11.7 Å². The largest absolute Gasteiger partial charge is 0.508 e. The van der Waals surface area contributed by atoms with Gasteiger partial charge in [0.25, 0.3) is 0 Å². The Kier molecular flexibility index (Phi) is 5.33. The summed E-state index contributed by atoms with van der Waals surface area (Å²) in [4.78, 5) is 15.4. The molecule has 1 atom stereocenters. The van der Waals surface area contributed by atoms with Crippen molar-refractivity contribution in [1.29, 1.82) is 0 Å². The van der Waals surface area contributed by atoms with Gasteiger partial charge in [0, 0.05) is 6.54 Å². The van der Waals surface area contributed by atoms with Gasteiger partial charge in [-0.25, -0.2) is 0 Å². The third-order valence-corrected chi connectivity index (χ3v) is 3.02. The molecule has 0 aliphatic heterocycles. The number of nitrogens with zero attached hydrogens (tertiary/aromatic N) is 1. The summed E-state index contributed by atoms with van der Waals surface area (Å²) in [5, 5.41) is 9.23. The Hall–Kier alpha value is -2.28. The number of rotatable bonds is 7. The first-order valence-corrected chi connectivity index (χ1v) is 6.25. The number of amides is 1. The Balaban J connectivity index is 2.68. The number of carbonyl (C=O) groups is 1. The van der Waals surface area contributed by atoms with E-state index in [9.17, 15) is 9.90 Å². The van der Waals surface area contributed by atoms with Gasteiger partial charge in [0.2, 0.25) is 5.91 Å². The molecule has 0 aromatic heterocycles. The molecule has 0 aliphatic carbocycles. The Morgan fingerprint density at radius 2 is 1.80 bits per heavy atom. The molecule has 9 N–H and O–H groups in total. The third-order valence-electron chi connectivity index (χ3n) is 3.02. The molecule has 0 heterocycles. The molecule has 1 rings (SSSR count). The van der Waals surface area contributed by atoms with Crippen LogP contribution in [0.2, 0.25) is 0 Å². The van der Waals surface area contributed by atoms with Crippen LogP contribution in [-0.4, -0.2) is 29.1 Å². The molecule has 0 aliphatic rings. The van der Waals surface area contributed by atoms with Crippen LogP contribution in [0.1, 0.15) is 18.4 Å². The van der Waals surface area contributed by atoms with E-state index in [1.54, 1.807) is 12.1 Å². The number of benzene rings is 1. The van der Waals surface area contributed by atoms with Gasteiger partial charge in [-0.2, -0.15) is 0 Å². The average molecular weight is 279 g/mol. The van der Waals surface area contributed by atoms with Gasteiger partial charge in [0.1, 0.15) is 5.75 Å². The second-order valence-corrected chi connectivity index (χ2v) is 4.77. The molecule has 0 saturated heterocycles. The van der Waals surface area contributed by atoms with Crippen molar-refractivity contribution in [2.75, 3.05) is 6.54 Å². The number of aliphatic imine (C=N–C) groups is 1. The topological polar surface area (TPSA) is 154 Å². The van der Waals surface area contributed by atoms with Gasteiger partial charge in [-0.1, -0.05) is 12.1 Å². The van der Waals surface area contributed by atoms with Crippen LogP contribution in [0.5, 0.6) is 5.75 Å². The highest BCUT2D eigenvalue weighted by Crippen LogP contribution is 2.19.